The third kappa shape index (κ3) is 3.82. The molecule has 1 aromatic heterocycles. The van der Waals surface area contributed by atoms with E-state index in [1.807, 2.05) is 38.1 Å². The van der Waals surface area contributed by atoms with Gasteiger partial charge in [0, 0.05) is 18.2 Å². The highest BCUT2D eigenvalue weighted by Gasteiger charge is 2.12. The first kappa shape index (κ1) is 16.2. The molecule has 0 aliphatic carbocycles. The van der Waals surface area contributed by atoms with Gasteiger partial charge in [0.2, 0.25) is 0 Å². The van der Waals surface area contributed by atoms with Gasteiger partial charge >= 0.3 is 0 Å². The van der Waals surface area contributed by atoms with Crippen LogP contribution >= 0.6 is 12.4 Å². The van der Waals surface area contributed by atoms with Crippen molar-refractivity contribution in [1.82, 2.24) is 15.5 Å². The summed E-state index contributed by atoms with van der Waals surface area (Å²) in [5.41, 5.74) is 8.83. The Hall–Kier alpha value is -1.85. The topological polar surface area (TPSA) is 83.8 Å². The number of carbonyl (C=O) groups excluding carboxylic acids is 1. The first-order valence-electron chi connectivity index (χ1n) is 6.23. The summed E-state index contributed by atoms with van der Waals surface area (Å²) < 4.78 is 0. The van der Waals surface area contributed by atoms with Crippen LogP contribution in [0.4, 0.5) is 0 Å². The molecule has 1 amide bonds. The van der Waals surface area contributed by atoms with Crippen molar-refractivity contribution >= 4 is 18.3 Å². The van der Waals surface area contributed by atoms with Gasteiger partial charge in [0.05, 0.1) is 5.69 Å². The van der Waals surface area contributed by atoms with Gasteiger partial charge in [-0.2, -0.15) is 5.10 Å². The molecule has 0 unspecified atom stereocenters. The van der Waals surface area contributed by atoms with Gasteiger partial charge in [-0.05, 0) is 19.9 Å². The van der Waals surface area contributed by atoms with E-state index in [1.54, 1.807) is 6.07 Å². The molecule has 0 bridgehead atoms. The maximum Gasteiger partial charge on any atom is 0.269 e. The third-order valence-corrected chi connectivity index (χ3v) is 2.90. The van der Waals surface area contributed by atoms with Crippen molar-refractivity contribution < 1.29 is 4.79 Å². The number of benzene rings is 1. The van der Waals surface area contributed by atoms with Crippen LogP contribution in [0, 0.1) is 6.92 Å². The molecule has 2 aromatic rings. The van der Waals surface area contributed by atoms with Crippen LogP contribution in [-0.2, 0) is 0 Å². The highest BCUT2D eigenvalue weighted by molar-refractivity contribution is 5.93. The van der Waals surface area contributed by atoms with Crippen LogP contribution in [0.15, 0.2) is 30.3 Å². The molecule has 4 N–H and O–H groups in total. The molecule has 0 aliphatic heterocycles. The van der Waals surface area contributed by atoms with Crippen LogP contribution < -0.4 is 11.1 Å². The molecule has 5 nitrogen and oxygen atoms in total. The Bertz CT molecular complexity index is 565. The molecular weight excluding hydrogens is 276 g/mol. The fraction of sp³-hybridized carbons (Fsp3) is 0.286. The molecule has 0 saturated carbocycles. The molecule has 1 heterocycles. The van der Waals surface area contributed by atoms with Gasteiger partial charge in [0.15, 0.2) is 0 Å². The number of aryl methyl sites for hydroxylation is 1. The molecule has 2 rings (SSSR count). The predicted molar refractivity (Wildman–Crippen MR) is 82.0 cm³/mol. The van der Waals surface area contributed by atoms with Crippen molar-refractivity contribution in [3.8, 4) is 11.3 Å². The zero-order valence-corrected chi connectivity index (χ0v) is 12.3. The van der Waals surface area contributed by atoms with E-state index >= 15 is 0 Å². The van der Waals surface area contributed by atoms with Crippen LogP contribution in [-0.4, -0.2) is 28.7 Å². The largest absolute Gasteiger partial charge is 0.347 e. The lowest BCUT2D eigenvalue weighted by Gasteiger charge is -2.09. The number of H-pyrrole nitrogens is 1. The SMILES string of the molecule is Cc1ccc(-c2cc(C(=O)N[C@@H](C)CN)[nH]n2)cc1.Cl. The van der Waals surface area contributed by atoms with Crippen LogP contribution in [0.3, 0.4) is 0 Å². The number of nitrogens with one attached hydrogen (secondary N) is 2. The quantitative estimate of drug-likeness (QED) is 0.805. The molecule has 0 fully saturated rings. The van der Waals surface area contributed by atoms with E-state index < -0.39 is 0 Å². The Morgan fingerprint density at radius 3 is 2.65 bits per heavy atom. The highest BCUT2D eigenvalue weighted by atomic mass is 35.5. The molecule has 108 valence electrons. The average molecular weight is 295 g/mol. The van der Waals surface area contributed by atoms with E-state index in [0.29, 0.717) is 12.2 Å². The van der Waals surface area contributed by atoms with E-state index in [9.17, 15) is 4.79 Å². The molecule has 0 saturated heterocycles. The van der Waals surface area contributed by atoms with Crippen molar-refractivity contribution in [2.24, 2.45) is 5.73 Å². The summed E-state index contributed by atoms with van der Waals surface area (Å²) in [6.45, 7) is 4.29. The van der Waals surface area contributed by atoms with Crippen LogP contribution in [0.1, 0.15) is 23.0 Å². The average Bonchev–Trinajstić information content (AvgIpc) is 2.89. The summed E-state index contributed by atoms with van der Waals surface area (Å²) in [6, 6.07) is 9.67. The zero-order chi connectivity index (χ0) is 13.8. The number of nitrogens with two attached hydrogens (primary N) is 1. The van der Waals surface area contributed by atoms with Crippen molar-refractivity contribution in [3.05, 3.63) is 41.6 Å². The lowest BCUT2D eigenvalue weighted by Crippen LogP contribution is -2.37. The van der Waals surface area contributed by atoms with Crippen LogP contribution in [0.5, 0.6) is 0 Å². The highest BCUT2D eigenvalue weighted by Crippen LogP contribution is 2.18. The Kier molecular flexibility index (Phi) is 5.73. The number of carbonyl (C=O) groups is 1. The van der Waals surface area contributed by atoms with Crippen molar-refractivity contribution in [3.63, 3.8) is 0 Å². The summed E-state index contributed by atoms with van der Waals surface area (Å²) in [5.74, 6) is -0.191. The first-order chi connectivity index (χ1) is 9.10. The summed E-state index contributed by atoms with van der Waals surface area (Å²) in [6.07, 6.45) is 0. The van der Waals surface area contributed by atoms with Crippen molar-refractivity contribution in [2.75, 3.05) is 6.54 Å². The number of hydrogen-bond acceptors (Lipinski definition) is 3. The minimum absolute atomic E-state index is 0. The Morgan fingerprint density at radius 2 is 2.05 bits per heavy atom. The predicted octanol–water partition coefficient (Wildman–Crippen LogP) is 1.88. The minimum atomic E-state index is -0.191. The summed E-state index contributed by atoms with van der Waals surface area (Å²) >= 11 is 0. The molecule has 6 heteroatoms. The second kappa shape index (κ2) is 7.07. The molecule has 0 radical (unpaired) electrons. The molecular formula is C14H19ClN4O. The maximum atomic E-state index is 11.9. The molecule has 1 atom stereocenters. The van der Waals surface area contributed by atoms with Gasteiger partial charge in [0.1, 0.15) is 5.69 Å². The Morgan fingerprint density at radius 1 is 1.40 bits per heavy atom. The van der Waals surface area contributed by atoms with Gasteiger partial charge in [-0.3, -0.25) is 9.89 Å². The van der Waals surface area contributed by atoms with Gasteiger partial charge in [0.25, 0.3) is 5.91 Å². The number of rotatable bonds is 4. The third-order valence-electron chi connectivity index (χ3n) is 2.90. The standard InChI is InChI=1S/C14H18N4O.ClH/c1-9-3-5-11(6-4-9)12-7-13(18-17-12)14(19)16-10(2)8-15;/h3-7,10H,8,15H2,1-2H3,(H,16,19)(H,17,18);1H/t10-;/m0./s1. The van der Waals surface area contributed by atoms with E-state index in [1.165, 1.54) is 5.56 Å². The van der Waals surface area contributed by atoms with E-state index in [-0.39, 0.29) is 24.4 Å². The molecule has 20 heavy (non-hydrogen) atoms. The first-order valence-corrected chi connectivity index (χ1v) is 6.23. The summed E-state index contributed by atoms with van der Waals surface area (Å²) in [5, 5.41) is 9.68. The lowest BCUT2D eigenvalue weighted by molar-refractivity contribution is 0.0936. The van der Waals surface area contributed by atoms with Crippen molar-refractivity contribution in [2.45, 2.75) is 19.9 Å². The zero-order valence-electron chi connectivity index (χ0n) is 11.5. The number of hydrogen-bond donors (Lipinski definition) is 3. The maximum absolute atomic E-state index is 11.9. The number of nitrogens with zero attached hydrogens (tertiary/aromatic N) is 1. The number of aromatic amines is 1. The summed E-state index contributed by atoms with van der Waals surface area (Å²) in [7, 11) is 0. The fourth-order valence-electron chi connectivity index (χ4n) is 1.67. The monoisotopic (exact) mass is 294 g/mol. The lowest BCUT2D eigenvalue weighted by atomic mass is 10.1. The van der Waals surface area contributed by atoms with E-state index in [2.05, 4.69) is 15.5 Å². The van der Waals surface area contributed by atoms with E-state index in [4.69, 9.17) is 5.73 Å². The normalized spacial score (nSPS) is 11.6. The summed E-state index contributed by atoms with van der Waals surface area (Å²) in [4.78, 5) is 11.9. The van der Waals surface area contributed by atoms with Crippen molar-refractivity contribution in [1.29, 1.82) is 0 Å². The fourth-order valence-corrected chi connectivity index (χ4v) is 1.67. The number of halogens is 1. The molecule has 0 spiro atoms. The Labute approximate surface area is 124 Å². The van der Waals surface area contributed by atoms with Crippen LogP contribution in [0.2, 0.25) is 0 Å². The Balaban J connectivity index is 0.00000200. The van der Waals surface area contributed by atoms with Gasteiger partial charge in [-0.1, -0.05) is 29.8 Å². The van der Waals surface area contributed by atoms with Gasteiger partial charge < -0.3 is 11.1 Å². The van der Waals surface area contributed by atoms with E-state index in [0.717, 1.165) is 11.3 Å². The van der Waals surface area contributed by atoms with Gasteiger partial charge in [-0.15, -0.1) is 12.4 Å². The molecule has 1 aromatic carbocycles. The number of aromatic nitrogens is 2. The smallest absolute Gasteiger partial charge is 0.269 e. The number of amides is 1. The van der Waals surface area contributed by atoms with Crippen LogP contribution in [0.25, 0.3) is 11.3 Å². The minimum Gasteiger partial charge on any atom is -0.347 e. The second-order valence-electron chi connectivity index (χ2n) is 4.64. The second-order valence-corrected chi connectivity index (χ2v) is 4.64. The van der Waals surface area contributed by atoms with Gasteiger partial charge in [-0.25, -0.2) is 0 Å². The molecule has 0 aliphatic rings.